The molecule has 3 heterocycles. The maximum atomic E-state index is 13.0. The van der Waals surface area contributed by atoms with E-state index >= 15 is 0 Å². The molecular weight excluding hydrogens is 346 g/mol. The Hall–Kier alpha value is -2.48. The van der Waals surface area contributed by atoms with Crippen molar-refractivity contribution in [1.29, 1.82) is 0 Å². The lowest BCUT2D eigenvalue weighted by molar-refractivity contribution is 0.0941. The summed E-state index contributed by atoms with van der Waals surface area (Å²) < 4.78 is 1.49. The minimum Gasteiger partial charge on any atom is -0.348 e. The number of nitrogens with zero attached hydrogens (tertiary/aromatic N) is 2. The normalized spacial score (nSPS) is 19.7. The minimum atomic E-state index is -0.556. The van der Waals surface area contributed by atoms with E-state index in [9.17, 15) is 14.4 Å². The van der Waals surface area contributed by atoms with Crippen molar-refractivity contribution >= 4 is 16.9 Å². The Labute approximate surface area is 156 Å². The van der Waals surface area contributed by atoms with Gasteiger partial charge in [-0.2, -0.15) is 0 Å². The van der Waals surface area contributed by atoms with Crippen LogP contribution in [0.5, 0.6) is 0 Å². The Morgan fingerprint density at radius 2 is 2.11 bits per heavy atom. The van der Waals surface area contributed by atoms with Gasteiger partial charge in [-0.3, -0.25) is 19.1 Å². The molecule has 2 aromatic heterocycles. The lowest BCUT2D eigenvalue weighted by Gasteiger charge is -2.16. The molecule has 1 aliphatic carbocycles. The van der Waals surface area contributed by atoms with E-state index in [2.05, 4.69) is 20.6 Å². The average molecular weight is 371 g/mol. The van der Waals surface area contributed by atoms with E-state index in [1.54, 1.807) is 6.07 Å². The molecule has 1 saturated heterocycles. The van der Waals surface area contributed by atoms with E-state index in [-0.39, 0.29) is 23.3 Å². The zero-order valence-electron chi connectivity index (χ0n) is 15.7. The van der Waals surface area contributed by atoms with Crippen molar-refractivity contribution in [2.45, 2.75) is 51.6 Å². The molecule has 1 aliphatic heterocycles. The van der Waals surface area contributed by atoms with Gasteiger partial charge >= 0.3 is 5.69 Å². The first-order chi connectivity index (χ1) is 12.9. The van der Waals surface area contributed by atoms with Crippen LogP contribution >= 0.6 is 0 Å². The molecule has 2 aromatic rings. The first-order valence-electron chi connectivity index (χ1n) is 9.63. The standard InChI is InChI=1S/C19H25N5O3/c1-10(2)9-24-16-15(18(26)23-19(24)27)13(7-14(22-16)11-3-4-11)17(25)21-12-5-6-20-8-12/h7,10-12,20H,3-6,8-9H2,1-2H3,(H,21,25)(H,23,26,27). The smallest absolute Gasteiger partial charge is 0.330 e. The van der Waals surface area contributed by atoms with Crippen molar-refractivity contribution in [2.24, 2.45) is 5.92 Å². The summed E-state index contributed by atoms with van der Waals surface area (Å²) in [5.74, 6) is 0.222. The molecule has 1 saturated carbocycles. The van der Waals surface area contributed by atoms with Gasteiger partial charge in [-0.05, 0) is 37.8 Å². The fourth-order valence-electron chi connectivity index (χ4n) is 3.64. The number of amides is 1. The van der Waals surface area contributed by atoms with E-state index in [1.165, 1.54) is 4.57 Å². The number of H-pyrrole nitrogens is 1. The SMILES string of the molecule is CC(C)Cn1c(=O)[nH]c(=O)c2c(C(=O)NC3CCNC3)cc(C3CC3)nc21. The Balaban J connectivity index is 1.89. The maximum absolute atomic E-state index is 13.0. The summed E-state index contributed by atoms with van der Waals surface area (Å²) in [6, 6.07) is 1.78. The van der Waals surface area contributed by atoms with E-state index in [0.717, 1.165) is 38.0 Å². The summed E-state index contributed by atoms with van der Waals surface area (Å²) >= 11 is 0. The predicted molar refractivity (Wildman–Crippen MR) is 102 cm³/mol. The molecule has 144 valence electrons. The van der Waals surface area contributed by atoms with Gasteiger partial charge in [0.2, 0.25) is 0 Å². The second kappa shape index (κ2) is 6.92. The highest BCUT2D eigenvalue weighted by molar-refractivity contribution is 6.05. The van der Waals surface area contributed by atoms with E-state index < -0.39 is 11.2 Å². The molecule has 8 nitrogen and oxygen atoms in total. The highest BCUT2D eigenvalue weighted by Crippen LogP contribution is 2.39. The third-order valence-corrected chi connectivity index (χ3v) is 5.15. The number of hydrogen-bond donors (Lipinski definition) is 3. The summed E-state index contributed by atoms with van der Waals surface area (Å²) in [6.45, 7) is 6.01. The minimum absolute atomic E-state index is 0.0470. The molecule has 8 heteroatoms. The topological polar surface area (TPSA) is 109 Å². The van der Waals surface area contributed by atoms with Crippen LogP contribution < -0.4 is 21.9 Å². The van der Waals surface area contributed by atoms with Gasteiger partial charge in [0.1, 0.15) is 0 Å². The number of carbonyl (C=O) groups excluding carboxylic acids is 1. The van der Waals surface area contributed by atoms with Crippen LogP contribution in [0.2, 0.25) is 0 Å². The Bertz CT molecular complexity index is 997. The van der Waals surface area contributed by atoms with Crippen LogP contribution in [-0.4, -0.2) is 39.6 Å². The fraction of sp³-hybridized carbons (Fsp3) is 0.579. The summed E-state index contributed by atoms with van der Waals surface area (Å²) in [5, 5.41) is 6.42. The monoisotopic (exact) mass is 371 g/mol. The average Bonchev–Trinajstić information content (AvgIpc) is 3.35. The second-order valence-corrected chi connectivity index (χ2v) is 7.99. The zero-order chi connectivity index (χ0) is 19.1. The first kappa shape index (κ1) is 17.9. The van der Waals surface area contributed by atoms with Crippen molar-refractivity contribution < 1.29 is 4.79 Å². The number of aromatic nitrogens is 3. The van der Waals surface area contributed by atoms with Gasteiger partial charge in [0.25, 0.3) is 11.5 Å². The van der Waals surface area contributed by atoms with Crippen molar-refractivity contribution in [2.75, 3.05) is 13.1 Å². The molecule has 1 atom stereocenters. The number of rotatable bonds is 5. The number of nitrogens with one attached hydrogen (secondary N) is 3. The number of fused-ring (bicyclic) bond motifs is 1. The summed E-state index contributed by atoms with van der Waals surface area (Å²) in [6.07, 6.45) is 2.89. The second-order valence-electron chi connectivity index (χ2n) is 7.99. The summed E-state index contributed by atoms with van der Waals surface area (Å²) in [7, 11) is 0. The third kappa shape index (κ3) is 3.53. The van der Waals surface area contributed by atoms with Crippen LogP contribution in [-0.2, 0) is 6.54 Å². The van der Waals surface area contributed by atoms with Crippen LogP contribution in [0.25, 0.3) is 11.0 Å². The number of hydrogen-bond acceptors (Lipinski definition) is 5. The van der Waals surface area contributed by atoms with Crippen LogP contribution in [0.3, 0.4) is 0 Å². The van der Waals surface area contributed by atoms with Gasteiger partial charge in [-0.25, -0.2) is 9.78 Å². The zero-order valence-corrected chi connectivity index (χ0v) is 15.7. The highest BCUT2D eigenvalue weighted by Gasteiger charge is 2.29. The van der Waals surface area contributed by atoms with Crippen molar-refractivity contribution in [1.82, 2.24) is 25.2 Å². The first-order valence-corrected chi connectivity index (χ1v) is 9.63. The molecule has 2 fully saturated rings. The molecule has 0 radical (unpaired) electrons. The van der Waals surface area contributed by atoms with Crippen LogP contribution in [0, 0.1) is 5.92 Å². The van der Waals surface area contributed by atoms with E-state index in [1.807, 2.05) is 13.8 Å². The maximum Gasteiger partial charge on any atom is 0.330 e. The van der Waals surface area contributed by atoms with Gasteiger partial charge in [0.05, 0.1) is 10.9 Å². The van der Waals surface area contributed by atoms with Crippen molar-refractivity contribution in [3.05, 3.63) is 38.2 Å². The van der Waals surface area contributed by atoms with Gasteiger partial charge in [0.15, 0.2) is 5.65 Å². The lowest BCUT2D eigenvalue weighted by atomic mass is 10.1. The third-order valence-electron chi connectivity index (χ3n) is 5.15. The summed E-state index contributed by atoms with van der Waals surface area (Å²) in [4.78, 5) is 45.0. The predicted octanol–water partition coefficient (Wildman–Crippen LogP) is 0.710. The van der Waals surface area contributed by atoms with Crippen LogP contribution in [0.4, 0.5) is 0 Å². The molecule has 1 unspecified atom stereocenters. The van der Waals surface area contributed by atoms with Gasteiger partial charge in [-0.1, -0.05) is 13.8 Å². The molecule has 0 aromatic carbocycles. The molecule has 2 aliphatic rings. The Morgan fingerprint density at radius 3 is 2.74 bits per heavy atom. The quantitative estimate of drug-likeness (QED) is 0.717. The lowest BCUT2D eigenvalue weighted by Crippen LogP contribution is -2.38. The van der Waals surface area contributed by atoms with Crippen molar-refractivity contribution in [3.8, 4) is 0 Å². The van der Waals surface area contributed by atoms with Gasteiger partial charge < -0.3 is 10.6 Å². The van der Waals surface area contributed by atoms with Crippen LogP contribution in [0.15, 0.2) is 15.7 Å². The molecule has 4 rings (SSSR count). The molecule has 3 N–H and O–H groups in total. The molecule has 0 bridgehead atoms. The van der Waals surface area contributed by atoms with Crippen molar-refractivity contribution in [3.63, 3.8) is 0 Å². The molecular formula is C19H25N5O3. The highest BCUT2D eigenvalue weighted by atomic mass is 16.2. The molecule has 27 heavy (non-hydrogen) atoms. The van der Waals surface area contributed by atoms with Gasteiger partial charge in [0, 0.05) is 30.7 Å². The van der Waals surface area contributed by atoms with Crippen LogP contribution in [0.1, 0.15) is 55.1 Å². The fourth-order valence-corrected chi connectivity index (χ4v) is 3.64. The number of carbonyl (C=O) groups is 1. The van der Waals surface area contributed by atoms with E-state index in [4.69, 9.17) is 0 Å². The largest absolute Gasteiger partial charge is 0.348 e. The number of aromatic amines is 1. The van der Waals surface area contributed by atoms with Gasteiger partial charge in [-0.15, -0.1) is 0 Å². The Morgan fingerprint density at radius 1 is 1.33 bits per heavy atom. The van der Waals surface area contributed by atoms with E-state index in [0.29, 0.717) is 23.7 Å². The number of pyridine rings is 1. The molecule has 1 amide bonds. The Kier molecular flexibility index (Phi) is 4.59. The molecule has 0 spiro atoms. The summed E-state index contributed by atoms with van der Waals surface area (Å²) in [5.41, 5.74) is 0.386.